The van der Waals surface area contributed by atoms with Crippen molar-refractivity contribution in [2.45, 2.75) is 13.8 Å². The van der Waals surface area contributed by atoms with Crippen molar-refractivity contribution in [2.24, 2.45) is 0 Å². The number of benzene rings is 2. The molecule has 0 aliphatic carbocycles. The molecule has 0 aliphatic heterocycles. The SMILES string of the molecule is COc1cc(N)c(Cl)cc1C(=O)OCC(=O)Nc1c(C)cc(C)cc1Cl. The Hall–Kier alpha value is -2.44. The number of methoxy groups -OCH3 is 1. The molecule has 0 saturated heterocycles. The number of carbonyl (C=O) groups excluding carboxylic acids is 2. The van der Waals surface area contributed by atoms with Crippen LogP contribution in [-0.4, -0.2) is 25.6 Å². The molecule has 0 radical (unpaired) electrons. The van der Waals surface area contributed by atoms with E-state index in [1.54, 1.807) is 6.07 Å². The third-order valence-corrected chi connectivity index (χ3v) is 4.19. The number of nitrogens with one attached hydrogen (secondary N) is 1. The first kappa shape index (κ1) is 19.9. The fourth-order valence-electron chi connectivity index (χ4n) is 2.36. The quantitative estimate of drug-likeness (QED) is 0.588. The number of amides is 1. The van der Waals surface area contributed by atoms with Crippen molar-refractivity contribution >= 4 is 46.5 Å². The second kappa shape index (κ2) is 8.29. The molecule has 0 atom stereocenters. The zero-order chi connectivity index (χ0) is 19.4. The monoisotopic (exact) mass is 396 g/mol. The van der Waals surface area contributed by atoms with Gasteiger partial charge in [0.1, 0.15) is 11.3 Å². The smallest absolute Gasteiger partial charge is 0.342 e. The summed E-state index contributed by atoms with van der Waals surface area (Å²) >= 11 is 12.1. The van der Waals surface area contributed by atoms with E-state index in [1.807, 2.05) is 19.9 Å². The number of rotatable bonds is 5. The molecule has 0 heterocycles. The number of halogens is 2. The molecular weight excluding hydrogens is 379 g/mol. The standard InChI is InChI=1S/C18H18Cl2N2O4/c1-9-4-10(2)17(13(20)5-9)22-16(23)8-26-18(24)11-6-12(19)14(21)7-15(11)25-3/h4-7H,8,21H2,1-3H3,(H,22,23). The molecule has 0 unspecified atom stereocenters. The normalized spacial score (nSPS) is 10.3. The van der Waals surface area contributed by atoms with E-state index in [1.165, 1.54) is 19.2 Å². The van der Waals surface area contributed by atoms with Crippen LogP contribution < -0.4 is 15.8 Å². The van der Waals surface area contributed by atoms with Crippen molar-refractivity contribution in [1.29, 1.82) is 0 Å². The molecule has 6 nitrogen and oxygen atoms in total. The second-order valence-corrected chi connectivity index (χ2v) is 6.45. The van der Waals surface area contributed by atoms with Gasteiger partial charge >= 0.3 is 5.97 Å². The van der Waals surface area contributed by atoms with Crippen LogP contribution in [0.5, 0.6) is 5.75 Å². The van der Waals surface area contributed by atoms with E-state index in [-0.39, 0.29) is 22.0 Å². The maximum absolute atomic E-state index is 12.2. The molecule has 3 N–H and O–H groups in total. The average Bonchev–Trinajstić information content (AvgIpc) is 2.57. The number of nitrogen functional groups attached to an aromatic ring is 1. The lowest BCUT2D eigenvalue weighted by Crippen LogP contribution is -2.22. The molecule has 2 aromatic rings. The highest BCUT2D eigenvalue weighted by Gasteiger charge is 2.18. The minimum absolute atomic E-state index is 0.0732. The van der Waals surface area contributed by atoms with Crippen molar-refractivity contribution in [3.05, 3.63) is 51.0 Å². The Morgan fingerprint density at radius 2 is 1.81 bits per heavy atom. The molecule has 0 fully saturated rings. The highest BCUT2D eigenvalue weighted by molar-refractivity contribution is 6.34. The minimum atomic E-state index is -0.759. The first-order valence-corrected chi connectivity index (χ1v) is 8.35. The van der Waals surface area contributed by atoms with E-state index < -0.39 is 18.5 Å². The van der Waals surface area contributed by atoms with Crippen molar-refractivity contribution in [3.8, 4) is 5.75 Å². The van der Waals surface area contributed by atoms with Gasteiger partial charge in [-0.1, -0.05) is 29.3 Å². The van der Waals surface area contributed by atoms with E-state index in [2.05, 4.69) is 5.32 Å². The van der Waals surface area contributed by atoms with Crippen LogP contribution in [0.15, 0.2) is 24.3 Å². The van der Waals surface area contributed by atoms with Gasteiger partial charge in [-0.05, 0) is 37.1 Å². The van der Waals surface area contributed by atoms with Crippen LogP contribution in [0.3, 0.4) is 0 Å². The molecule has 26 heavy (non-hydrogen) atoms. The van der Waals surface area contributed by atoms with Crippen molar-refractivity contribution in [2.75, 3.05) is 24.8 Å². The van der Waals surface area contributed by atoms with E-state index in [9.17, 15) is 9.59 Å². The summed E-state index contributed by atoms with van der Waals surface area (Å²) in [4.78, 5) is 24.3. The number of hydrogen-bond donors (Lipinski definition) is 2. The summed E-state index contributed by atoms with van der Waals surface area (Å²) in [6.45, 7) is 3.23. The van der Waals surface area contributed by atoms with Crippen molar-refractivity contribution in [1.82, 2.24) is 0 Å². The molecule has 0 aliphatic rings. The Morgan fingerprint density at radius 3 is 2.42 bits per heavy atom. The van der Waals surface area contributed by atoms with Crippen LogP contribution in [0.1, 0.15) is 21.5 Å². The summed E-state index contributed by atoms with van der Waals surface area (Å²) in [6, 6.07) is 6.36. The Balaban J connectivity index is 2.06. The molecule has 1 amide bonds. The Bertz CT molecular complexity index is 846. The molecule has 2 aromatic carbocycles. The van der Waals surface area contributed by atoms with Crippen molar-refractivity contribution < 1.29 is 19.1 Å². The summed E-state index contributed by atoms with van der Waals surface area (Å²) in [6.07, 6.45) is 0. The number of hydrogen-bond acceptors (Lipinski definition) is 5. The fourth-order valence-corrected chi connectivity index (χ4v) is 2.89. The number of nitrogens with two attached hydrogens (primary N) is 1. The summed E-state index contributed by atoms with van der Waals surface area (Å²) in [5.74, 6) is -1.08. The van der Waals surface area contributed by atoms with Gasteiger partial charge in [-0.3, -0.25) is 4.79 Å². The number of esters is 1. The summed E-state index contributed by atoms with van der Waals surface area (Å²) in [7, 11) is 1.38. The van der Waals surface area contributed by atoms with Crippen molar-refractivity contribution in [3.63, 3.8) is 0 Å². The Labute approximate surface area is 161 Å². The van der Waals surface area contributed by atoms with Gasteiger partial charge in [-0.2, -0.15) is 0 Å². The van der Waals surface area contributed by atoms with Crippen LogP contribution in [0.25, 0.3) is 0 Å². The van der Waals surface area contributed by atoms with Gasteiger partial charge in [0, 0.05) is 6.07 Å². The van der Waals surface area contributed by atoms with Crippen LogP contribution >= 0.6 is 23.2 Å². The molecule has 0 aromatic heterocycles. The van der Waals surface area contributed by atoms with E-state index in [0.717, 1.165) is 11.1 Å². The summed E-state index contributed by atoms with van der Waals surface area (Å²) in [5.41, 5.74) is 8.27. The zero-order valence-electron chi connectivity index (χ0n) is 14.5. The van der Waals surface area contributed by atoms with Crippen LogP contribution in [-0.2, 0) is 9.53 Å². The lowest BCUT2D eigenvalue weighted by atomic mass is 10.1. The minimum Gasteiger partial charge on any atom is -0.496 e. The second-order valence-electron chi connectivity index (χ2n) is 5.64. The highest BCUT2D eigenvalue weighted by atomic mass is 35.5. The highest BCUT2D eigenvalue weighted by Crippen LogP contribution is 2.30. The zero-order valence-corrected chi connectivity index (χ0v) is 16.0. The maximum Gasteiger partial charge on any atom is 0.342 e. The number of carbonyl (C=O) groups is 2. The molecule has 2 rings (SSSR count). The largest absolute Gasteiger partial charge is 0.496 e. The predicted octanol–water partition coefficient (Wildman–Crippen LogP) is 4.00. The molecular formula is C18H18Cl2N2O4. The topological polar surface area (TPSA) is 90.7 Å². The molecule has 0 spiro atoms. The third-order valence-electron chi connectivity index (χ3n) is 3.57. The lowest BCUT2D eigenvalue weighted by Gasteiger charge is -2.13. The number of aryl methyl sites for hydroxylation is 2. The average molecular weight is 397 g/mol. The number of ether oxygens (including phenoxy) is 2. The summed E-state index contributed by atoms with van der Waals surface area (Å²) < 4.78 is 10.1. The first-order chi connectivity index (χ1) is 12.2. The van der Waals surface area contributed by atoms with Crippen LogP contribution in [0.4, 0.5) is 11.4 Å². The van der Waals surface area contributed by atoms with Gasteiger partial charge in [0.25, 0.3) is 5.91 Å². The first-order valence-electron chi connectivity index (χ1n) is 7.59. The maximum atomic E-state index is 12.2. The van der Waals surface area contributed by atoms with Gasteiger partial charge < -0.3 is 20.5 Å². The van der Waals surface area contributed by atoms with Gasteiger partial charge in [0.15, 0.2) is 6.61 Å². The van der Waals surface area contributed by atoms with E-state index in [0.29, 0.717) is 10.7 Å². The van der Waals surface area contributed by atoms with Gasteiger partial charge in [-0.25, -0.2) is 4.79 Å². The summed E-state index contributed by atoms with van der Waals surface area (Å²) in [5, 5.41) is 3.23. The van der Waals surface area contributed by atoms with Crippen LogP contribution in [0.2, 0.25) is 10.0 Å². The van der Waals surface area contributed by atoms with Crippen LogP contribution in [0, 0.1) is 13.8 Å². The molecule has 0 bridgehead atoms. The number of anilines is 2. The van der Waals surface area contributed by atoms with Gasteiger partial charge in [-0.15, -0.1) is 0 Å². The third kappa shape index (κ3) is 4.59. The molecule has 138 valence electrons. The lowest BCUT2D eigenvalue weighted by molar-refractivity contribution is -0.119. The Kier molecular flexibility index (Phi) is 6.34. The Morgan fingerprint density at radius 1 is 1.12 bits per heavy atom. The molecule has 8 heteroatoms. The fraction of sp³-hybridized carbons (Fsp3) is 0.222. The van der Waals surface area contributed by atoms with Gasteiger partial charge in [0.2, 0.25) is 0 Å². The van der Waals surface area contributed by atoms with E-state index in [4.69, 9.17) is 38.4 Å². The van der Waals surface area contributed by atoms with Gasteiger partial charge in [0.05, 0.1) is 28.5 Å². The predicted molar refractivity (Wildman–Crippen MR) is 102 cm³/mol. The van der Waals surface area contributed by atoms with E-state index >= 15 is 0 Å². The molecule has 0 saturated carbocycles.